The van der Waals surface area contributed by atoms with Gasteiger partial charge < -0.3 is 0 Å². The highest BCUT2D eigenvalue weighted by Gasteiger charge is 2.18. The monoisotopic (exact) mass is 405 g/mol. The van der Waals surface area contributed by atoms with E-state index in [9.17, 15) is 8.42 Å². The lowest BCUT2D eigenvalue weighted by Gasteiger charge is -2.02. The van der Waals surface area contributed by atoms with Crippen molar-refractivity contribution >= 4 is 58.3 Å². The molecule has 1 rings (SSSR count). The number of nitrogens with zero attached hydrogens (tertiary/aromatic N) is 1. The molecule has 0 atom stereocenters. The molecule has 14 heavy (non-hydrogen) atoms. The van der Waals surface area contributed by atoms with Crippen LogP contribution in [0.2, 0.25) is 0 Å². The third-order valence-electron chi connectivity index (χ3n) is 1.39. The standard InChI is InChI=1S/C7H2BrClINO2S/c8-7-4(3-11)1-5(10)2-6(7)14(9,12)13/h1-2H. The summed E-state index contributed by atoms with van der Waals surface area (Å²) in [5, 5.41) is 8.71. The van der Waals surface area contributed by atoms with Gasteiger partial charge in [0.05, 0.1) is 14.9 Å². The van der Waals surface area contributed by atoms with Gasteiger partial charge >= 0.3 is 0 Å². The Morgan fingerprint density at radius 2 is 2.07 bits per heavy atom. The number of rotatable bonds is 1. The van der Waals surface area contributed by atoms with Crippen LogP contribution in [-0.4, -0.2) is 8.42 Å². The van der Waals surface area contributed by atoms with Gasteiger partial charge in [-0.05, 0) is 50.7 Å². The third kappa shape index (κ3) is 2.59. The normalized spacial score (nSPS) is 11.0. The zero-order chi connectivity index (χ0) is 10.9. The Balaban J connectivity index is 3.64. The second-order valence-electron chi connectivity index (χ2n) is 2.32. The summed E-state index contributed by atoms with van der Waals surface area (Å²) >= 11 is 4.94. The number of hydrogen-bond donors (Lipinski definition) is 0. The first-order valence-corrected chi connectivity index (χ1v) is 7.38. The Labute approximate surface area is 108 Å². The molecule has 0 fully saturated rings. The number of halogens is 3. The van der Waals surface area contributed by atoms with Gasteiger partial charge in [-0.1, -0.05) is 0 Å². The van der Waals surface area contributed by atoms with Gasteiger partial charge in [0, 0.05) is 14.3 Å². The highest BCUT2D eigenvalue weighted by atomic mass is 127. The van der Waals surface area contributed by atoms with Crippen molar-refractivity contribution in [1.82, 2.24) is 0 Å². The van der Waals surface area contributed by atoms with Gasteiger partial charge in [-0.3, -0.25) is 0 Å². The molecule has 0 aliphatic rings. The molecular formula is C7H2BrClINO2S. The molecule has 0 radical (unpaired) electrons. The van der Waals surface area contributed by atoms with Crippen molar-refractivity contribution in [2.75, 3.05) is 0 Å². The SMILES string of the molecule is N#Cc1cc(I)cc(S(=O)(=O)Cl)c1Br. The Hall–Kier alpha value is 0.160. The summed E-state index contributed by atoms with van der Waals surface area (Å²) in [5.41, 5.74) is 0.246. The van der Waals surface area contributed by atoms with Crippen LogP contribution < -0.4 is 0 Å². The molecule has 0 unspecified atom stereocenters. The topological polar surface area (TPSA) is 57.9 Å². The second kappa shape index (κ2) is 4.35. The lowest BCUT2D eigenvalue weighted by atomic mass is 10.2. The molecule has 0 aromatic heterocycles. The van der Waals surface area contributed by atoms with E-state index in [-0.39, 0.29) is 14.9 Å². The first-order chi connectivity index (χ1) is 6.36. The van der Waals surface area contributed by atoms with E-state index in [1.807, 2.05) is 28.7 Å². The molecule has 0 spiro atoms. The average Bonchev–Trinajstić information content (AvgIpc) is 2.06. The molecule has 3 nitrogen and oxygen atoms in total. The van der Waals surface area contributed by atoms with E-state index < -0.39 is 9.05 Å². The molecule has 0 aliphatic heterocycles. The molecule has 0 saturated heterocycles. The van der Waals surface area contributed by atoms with E-state index in [4.69, 9.17) is 15.9 Å². The van der Waals surface area contributed by atoms with Crippen LogP contribution in [0.3, 0.4) is 0 Å². The lowest BCUT2D eigenvalue weighted by Crippen LogP contribution is -1.95. The summed E-state index contributed by atoms with van der Waals surface area (Å²) in [7, 11) is 1.38. The number of nitriles is 1. The first-order valence-electron chi connectivity index (χ1n) is 3.20. The highest BCUT2D eigenvalue weighted by molar-refractivity contribution is 14.1. The predicted molar refractivity (Wildman–Crippen MR) is 64.6 cm³/mol. The van der Waals surface area contributed by atoms with Crippen LogP contribution in [0.25, 0.3) is 0 Å². The van der Waals surface area contributed by atoms with Crippen LogP contribution >= 0.6 is 49.2 Å². The Morgan fingerprint density at radius 3 is 2.50 bits per heavy atom. The third-order valence-corrected chi connectivity index (χ3v) is 4.47. The first kappa shape index (κ1) is 12.2. The van der Waals surface area contributed by atoms with Crippen molar-refractivity contribution in [3.8, 4) is 6.07 Å². The van der Waals surface area contributed by atoms with Crippen LogP contribution in [0.15, 0.2) is 21.5 Å². The van der Waals surface area contributed by atoms with E-state index in [0.717, 1.165) is 0 Å². The van der Waals surface area contributed by atoms with Crippen molar-refractivity contribution in [3.63, 3.8) is 0 Å². The van der Waals surface area contributed by atoms with Gasteiger partial charge in [0.1, 0.15) is 6.07 Å². The molecule has 0 amide bonds. The fraction of sp³-hybridized carbons (Fsp3) is 0. The Morgan fingerprint density at radius 1 is 1.50 bits per heavy atom. The molecule has 74 valence electrons. The van der Waals surface area contributed by atoms with Crippen molar-refractivity contribution in [2.45, 2.75) is 4.90 Å². The molecule has 0 aliphatic carbocycles. The minimum atomic E-state index is -3.82. The van der Waals surface area contributed by atoms with Crippen LogP contribution in [-0.2, 0) is 9.05 Å². The zero-order valence-electron chi connectivity index (χ0n) is 6.46. The zero-order valence-corrected chi connectivity index (χ0v) is 11.8. The highest BCUT2D eigenvalue weighted by Crippen LogP contribution is 2.30. The second-order valence-corrected chi connectivity index (χ2v) is 6.89. The van der Waals surface area contributed by atoms with Gasteiger partial charge in [0.2, 0.25) is 0 Å². The van der Waals surface area contributed by atoms with Crippen LogP contribution in [0.1, 0.15) is 5.56 Å². The van der Waals surface area contributed by atoms with Gasteiger partial charge in [0.15, 0.2) is 0 Å². The molecule has 0 bridgehead atoms. The van der Waals surface area contributed by atoms with Crippen LogP contribution in [0.4, 0.5) is 0 Å². The minimum absolute atomic E-state index is 0.0809. The minimum Gasteiger partial charge on any atom is -0.207 e. The van der Waals surface area contributed by atoms with Gasteiger partial charge in [-0.2, -0.15) is 5.26 Å². The predicted octanol–water partition coefficient (Wildman–Crippen LogP) is 2.85. The molecule has 0 N–H and O–H groups in total. The lowest BCUT2D eigenvalue weighted by molar-refractivity contribution is 0.609. The van der Waals surface area contributed by atoms with Crippen molar-refractivity contribution in [2.24, 2.45) is 0 Å². The number of hydrogen-bond acceptors (Lipinski definition) is 3. The maximum atomic E-state index is 11.1. The molecule has 0 heterocycles. The summed E-state index contributed by atoms with van der Waals surface area (Å²) < 4.78 is 23.0. The van der Waals surface area contributed by atoms with Crippen LogP contribution in [0, 0.1) is 14.9 Å². The van der Waals surface area contributed by atoms with E-state index in [0.29, 0.717) is 3.57 Å². The molecule has 1 aromatic rings. The van der Waals surface area contributed by atoms with Crippen molar-refractivity contribution in [3.05, 3.63) is 25.7 Å². The van der Waals surface area contributed by atoms with Gasteiger partial charge in [-0.25, -0.2) is 8.42 Å². The van der Waals surface area contributed by atoms with Crippen LogP contribution in [0.5, 0.6) is 0 Å². The number of benzene rings is 1. The van der Waals surface area contributed by atoms with Gasteiger partial charge in [0.25, 0.3) is 9.05 Å². The summed E-state index contributed by atoms with van der Waals surface area (Å²) in [4.78, 5) is -0.0809. The van der Waals surface area contributed by atoms with Crippen molar-refractivity contribution in [1.29, 1.82) is 5.26 Å². The quantitative estimate of drug-likeness (QED) is 0.532. The van der Waals surface area contributed by atoms with E-state index in [1.54, 1.807) is 6.07 Å². The largest absolute Gasteiger partial charge is 0.262 e. The summed E-state index contributed by atoms with van der Waals surface area (Å²) in [6.45, 7) is 0. The molecular weight excluding hydrogens is 404 g/mol. The fourth-order valence-electron chi connectivity index (χ4n) is 0.823. The fourth-order valence-corrected chi connectivity index (χ4v) is 3.85. The van der Waals surface area contributed by atoms with E-state index in [2.05, 4.69) is 15.9 Å². The summed E-state index contributed by atoms with van der Waals surface area (Å²) in [6, 6.07) is 4.84. The maximum Gasteiger partial charge on any atom is 0.262 e. The van der Waals surface area contributed by atoms with Gasteiger partial charge in [-0.15, -0.1) is 0 Å². The Kier molecular flexibility index (Phi) is 3.80. The van der Waals surface area contributed by atoms with E-state index >= 15 is 0 Å². The van der Waals surface area contributed by atoms with E-state index in [1.165, 1.54) is 6.07 Å². The summed E-state index contributed by atoms with van der Waals surface area (Å²) in [6.07, 6.45) is 0. The summed E-state index contributed by atoms with van der Waals surface area (Å²) in [5.74, 6) is 0. The maximum absolute atomic E-state index is 11.1. The molecule has 7 heteroatoms. The Bertz CT molecular complexity index is 523. The molecule has 1 aromatic carbocycles. The van der Waals surface area contributed by atoms with Crippen molar-refractivity contribution < 1.29 is 8.42 Å². The average molecular weight is 406 g/mol. The molecule has 0 saturated carbocycles. The smallest absolute Gasteiger partial charge is 0.207 e.